The summed E-state index contributed by atoms with van der Waals surface area (Å²) in [6.45, 7) is 7.35. The third kappa shape index (κ3) is 5.57. The quantitative estimate of drug-likeness (QED) is 0.531. The number of amides is 1. The molecule has 1 aliphatic heterocycles. The monoisotopic (exact) mass is 462 g/mol. The zero-order valence-electron chi connectivity index (χ0n) is 16.9. The van der Waals surface area contributed by atoms with Crippen molar-refractivity contribution < 1.29 is 9.53 Å². The van der Waals surface area contributed by atoms with E-state index in [9.17, 15) is 4.79 Å². The highest BCUT2D eigenvalue weighted by Crippen LogP contribution is 2.27. The van der Waals surface area contributed by atoms with Gasteiger partial charge in [-0.05, 0) is 48.7 Å². The van der Waals surface area contributed by atoms with Crippen molar-refractivity contribution in [2.24, 2.45) is 5.84 Å². The zero-order chi connectivity index (χ0) is 21.0. The smallest absolute Gasteiger partial charge is 0.410 e. The van der Waals surface area contributed by atoms with E-state index < -0.39 is 5.60 Å². The third-order valence-corrected chi connectivity index (χ3v) is 4.97. The first kappa shape index (κ1) is 21.3. The van der Waals surface area contributed by atoms with E-state index in [1.165, 1.54) is 0 Å². The number of nitrogens with one attached hydrogen (secondary N) is 1. The van der Waals surface area contributed by atoms with Gasteiger partial charge in [-0.15, -0.1) is 0 Å². The van der Waals surface area contributed by atoms with Crippen LogP contribution in [0.3, 0.4) is 0 Å². The minimum atomic E-state index is -0.544. The summed E-state index contributed by atoms with van der Waals surface area (Å²) in [4.78, 5) is 25.6. The third-order valence-electron chi connectivity index (χ3n) is 4.59. The van der Waals surface area contributed by atoms with Gasteiger partial charge in [-0.1, -0.05) is 30.3 Å². The Morgan fingerprint density at radius 2 is 2.03 bits per heavy atom. The molecule has 1 aliphatic rings. The Bertz CT molecular complexity index is 843. The van der Waals surface area contributed by atoms with Crippen LogP contribution in [-0.4, -0.2) is 52.2 Å². The topological polar surface area (TPSA) is 96.6 Å². The second-order valence-electron chi connectivity index (χ2n) is 7.97. The van der Waals surface area contributed by atoms with Crippen LogP contribution in [0.2, 0.25) is 0 Å². The SMILES string of the molecule is CC(C)(C)OC(=O)N1CCN(c2nc(Br)cnc2NN)C[C@@H]1Cc1ccccc1. The fraction of sp³-hybridized carbons (Fsp3) is 0.450. The number of hydrogen-bond acceptors (Lipinski definition) is 7. The first-order chi connectivity index (χ1) is 13.8. The lowest BCUT2D eigenvalue weighted by molar-refractivity contribution is 0.0141. The number of ether oxygens (including phenoxy) is 1. The number of nitrogens with two attached hydrogens (primary N) is 1. The summed E-state index contributed by atoms with van der Waals surface area (Å²) < 4.78 is 6.28. The Morgan fingerprint density at radius 3 is 2.69 bits per heavy atom. The number of hydrazine groups is 1. The fourth-order valence-corrected chi connectivity index (χ4v) is 3.62. The zero-order valence-corrected chi connectivity index (χ0v) is 18.5. The average Bonchev–Trinajstić information content (AvgIpc) is 2.67. The van der Waals surface area contributed by atoms with Crippen molar-refractivity contribution in [3.05, 3.63) is 46.7 Å². The van der Waals surface area contributed by atoms with E-state index in [0.29, 0.717) is 42.3 Å². The number of anilines is 2. The van der Waals surface area contributed by atoms with Crippen molar-refractivity contribution in [3.8, 4) is 0 Å². The van der Waals surface area contributed by atoms with Gasteiger partial charge >= 0.3 is 6.09 Å². The van der Waals surface area contributed by atoms with Gasteiger partial charge in [0.15, 0.2) is 11.6 Å². The van der Waals surface area contributed by atoms with Crippen molar-refractivity contribution in [1.29, 1.82) is 0 Å². The predicted molar refractivity (Wildman–Crippen MR) is 117 cm³/mol. The number of rotatable bonds is 4. The molecular weight excluding hydrogens is 436 g/mol. The van der Waals surface area contributed by atoms with Crippen LogP contribution in [0.15, 0.2) is 41.1 Å². The van der Waals surface area contributed by atoms with Crippen molar-refractivity contribution in [1.82, 2.24) is 14.9 Å². The van der Waals surface area contributed by atoms with Crippen LogP contribution in [0.4, 0.5) is 16.4 Å². The molecule has 8 nitrogen and oxygen atoms in total. The van der Waals surface area contributed by atoms with Gasteiger partial charge < -0.3 is 20.0 Å². The summed E-state index contributed by atoms with van der Waals surface area (Å²) in [5.74, 6) is 6.79. The summed E-state index contributed by atoms with van der Waals surface area (Å²) in [5, 5.41) is 0. The number of piperazine rings is 1. The summed E-state index contributed by atoms with van der Waals surface area (Å²) in [6, 6.07) is 10.1. The van der Waals surface area contributed by atoms with Crippen LogP contribution < -0.4 is 16.2 Å². The molecule has 3 rings (SSSR count). The molecule has 1 saturated heterocycles. The Labute approximate surface area is 179 Å². The molecule has 1 aromatic heterocycles. The summed E-state index contributed by atoms with van der Waals surface area (Å²) in [7, 11) is 0. The summed E-state index contributed by atoms with van der Waals surface area (Å²) in [6.07, 6.45) is 2.01. The van der Waals surface area contributed by atoms with E-state index in [1.54, 1.807) is 6.20 Å². The average molecular weight is 463 g/mol. The van der Waals surface area contributed by atoms with Crippen LogP contribution in [-0.2, 0) is 11.2 Å². The van der Waals surface area contributed by atoms with E-state index in [4.69, 9.17) is 10.6 Å². The molecule has 2 aromatic rings. The van der Waals surface area contributed by atoms with E-state index in [-0.39, 0.29) is 12.1 Å². The molecule has 29 heavy (non-hydrogen) atoms. The number of carbonyl (C=O) groups excluding carboxylic acids is 1. The van der Waals surface area contributed by atoms with Crippen molar-refractivity contribution in [3.63, 3.8) is 0 Å². The molecule has 1 atom stereocenters. The minimum Gasteiger partial charge on any atom is -0.444 e. The number of nitrogens with zero attached hydrogens (tertiary/aromatic N) is 4. The standard InChI is InChI=1S/C20H27BrN6O2/c1-20(2,3)29-19(28)27-10-9-26(18-17(25-22)23-12-16(21)24-18)13-15(27)11-14-7-5-4-6-8-14/h4-8,12,15H,9-11,13,22H2,1-3H3,(H,23,25)/t15-/m0/s1. The molecule has 2 heterocycles. The highest BCUT2D eigenvalue weighted by molar-refractivity contribution is 9.10. The number of aromatic nitrogens is 2. The van der Waals surface area contributed by atoms with Crippen LogP contribution in [0, 0.1) is 0 Å². The number of nitrogen functional groups attached to an aromatic ring is 1. The number of hydrogen-bond donors (Lipinski definition) is 2. The number of benzene rings is 1. The first-order valence-electron chi connectivity index (χ1n) is 9.54. The molecule has 0 aliphatic carbocycles. The maximum Gasteiger partial charge on any atom is 0.410 e. The van der Waals surface area contributed by atoms with Gasteiger partial charge in [0.05, 0.1) is 12.2 Å². The molecule has 156 valence electrons. The minimum absolute atomic E-state index is 0.0765. The fourth-order valence-electron chi connectivity index (χ4n) is 3.35. The van der Waals surface area contributed by atoms with Crippen LogP contribution in [0.1, 0.15) is 26.3 Å². The van der Waals surface area contributed by atoms with Gasteiger partial charge in [0.1, 0.15) is 10.2 Å². The van der Waals surface area contributed by atoms with E-state index in [1.807, 2.05) is 43.9 Å². The lowest BCUT2D eigenvalue weighted by Gasteiger charge is -2.42. The molecule has 0 unspecified atom stereocenters. The van der Waals surface area contributed by atoms with Gasteiger partial charge in [-0.25, -0.2) is 20.6 Å². The van der Waals surface area contributed by atoms with Gasteiger partial charge in [-0.3, -0.25) is 0 Å². The molecule has 9 heteroatoms. The van der Waals surface area contributed by atoms with E-state index in [0.717, 1.165) is 5.56 Å². The lowest BCUT2D eigenvalue weighted by Crippen LogP contribution is -2.57. The highest BCUT2D eigenvalue weighted by atomic mass is 79.9. The largest absolute Gasteiger partial charge is 0.444 e. The van der Waals surface area contributed by atoms with Crippen LogP contribution in [0.25, 0.3) is 0 Å². The molecule has 0 saturated carbocycles. The molecule has 1 fully saturated rings. The van der Waals surface area contributed by atoms with Gasteiger partial charge in [0.2, 0.25) is 0 Å². The maximum absolute atomic E-state index is 12.9. The molecule has 0 bridgehead atoms. The second kappa shape index (κ2) is 8.96. The maximum atomic E-state index is 12.9. The molecule has 0 radical (unpaired) electrons. The van der Waals surface area contributed by atoms with Crippen LogP contribution in [0.5, 0.6) is 0 Å². The van der Waals surface area contributed by atoms with Gasteiger partial charge in [-0.2, -0.15) is 0 Å². The Balaban J connectivity index is 1.86. The lowest BCUT2D eigenvalue weighted by atomic mass is 10.0. The van der Waals surface area contributed by atoms with Crippen molar-refractivity contribution in [2.75, 3.05) is 30.0 Å². The normalized spacial score (nSPS) is 17.2. The summed E-state index contributed by atoms with van der Waals surface area (Å²) >= 11 is 3.38. The summed E-state index contributed by atoms with van der Waals surface area (Å²) in [5.41, 5.74) is 3.22. The Kier molecular flexibility index (Phi) is 6.59. The van der Waals surface area contributed by atoms with Gasteiger partial charge in [0, 0.05) is 19.6 Å². The van der Waals surface area contributed by atoms with E-state index >= 15 is 0 Å². The van der Waals surface area contributed by atoms with E-state index in [2.05, 4.69) is 48.4 Å². The first-order valence-corrected chi connectivity index (χ1v) is 10.3. The molecule has 3 N–H and O–H groups in total. The highest BCUT2D eigenvalue weighted by Gasteiger charge is 2.34. The molecule has 1 aromatic carbocycles. The van der Waals surface area contributed by atoms with Crippen LogP contribution >= 0.6 is 15.9 Å². The van der Waals surface area contributed by atoms with Crippen molar-refractivity contribution in [2.45, 2.75) is 38.8 Å². The Morgan fingerprint density at radius 1 is 1.31 bits per heavy atom. The predicted octanol–water partition coefficient (Wildman–Crippen LogP) is 3.19. The second-order valence-corrected chi connectivity index (χ2v) is 8.79. The Hall–Kier alpha value is -2.39. The number of carbonyl (C=O) groups is 1. The molecule has 1 amide bonds. The molecule has 0 spiro atoms. The molecular formula is C20H27BrN6O2. The van der Waals surface area contributed by atoms with Crippen molar-refractivity contribution >= 4 is 33.7 Å². The number of halogens is 1. The van der Waals surface area contributed by atoms with Gasteiger partial charge in [0.25, 0.3) is 0 Å².